The van der Waals surface area contributed by atoms with E-state index in [0.29, 0.717) is 17.6 Å². The lowest BCUT2D eigenvalue weighted by Crippen LogP contribution is -2.58. The van der Waals surface area contributed by atoms with E-state index in [1.54, 1.807) is 0 Å². The molecule has 4 bridgehead atoms. The highest BCUT2D eigenvalue weighted by Crippen LogP contribution is 2.65. The summed E-state index contributed by atoms with van der Waals surface area (Å²) in [5.41, 5.74) is 1.08. The molecule has 4 heteroatoms. The fourth-order valence-corrected chi connectivity index (χ4v) is 10.7. The quantitative estimate of drug-likeness (QED) is 0.537. The van der Waals surface area contributed by atoms with Crippen molar-refractivity contribution < 1.29 is 9.47 Å². The van der Waals surface area contributed by atoms with Crippen molar-refractivity contribution in [3.63, 3.8) is 0 Å². The van der Waals surface area contributed by atoms with Gasteiger partial charge in [0.2, 0.25) is 0 Å². The predicted molar refractivity (Wildman–Crippen MR) is 111 cm³/mol. The van der Waals surface area contributed by atoms with Crippen LogP contribution in [0.15, 0.2) is 0 Å². The molecule has 0 radical (unpaired) electrons. The molecule has 1 saturated heterocycles. The number of hydrogen-bond acceptors (Lipinski definition) is 4. The molecule has 0 unspecified atom stereocenters. The maximum atomic E-state index is 6.10. The lowest BCUT2D eigenvalue weighted by atomic mass is 9.45. The molecular formula is C22H36O2S2. The van der Waals surface area contributed by atoms with Gasteiger partial charge in [-0.15, -0.1) is 23.5 Å². The first-order valence-corrected chi connectivity index (χ1v) is 12.9. The van der Waals surface area contributed by atoms with Crippen LogP contribution in [0.1, 0.15) is 53.4 Å². The second kappa shape index (κ2) is 6.57. The average molecular weight is 397 g/mol. The van der Waals surface area contributed by atoms with E-state index in [-0.39, 0.29) is 0 Å². The van der Waals surface area contributed by atoms with E-state index in [1.165, 1.54) is 30.8 Å². The third-order valence-electron chi connectivity index (χ3n) is 9.47. The highest BCUT2D eigenvalue weighted by atomic mass is 32.2. The molecule has 8 atom stereocenters. The minimum absolute atomic E-state index is 0.509. The highest BCUT2D eigenvalue weighted by molar-refractivity contribution is 8.16. The molecule has 0 spiro atoms. The Morgan fingerprint density at radius 1 is 0.692 bits per heavy atom. The zero-order valence-corrected chi connectivity index (χ0v) is 18.5. The molecule has 0 N–H and O–H groups in total. The molecule has 0 aromatic rings. The minimum Gasteiger partial charge on any atom is -0.355 e. The summed E-state index contributed by atoms with van der Waals surface area (Å²) in [7, 11) is 0. The Balaban J connectivity index is 1.27. The van der Waals surface area contributed by atoms with Crippen LogP contribution in [0.5, 0.6) is 0 Å². The van der Waals surface area contributed by atoms with Crippen LogP contribution in [-0.4, -0.2) is 35.6 Å². The van der Waals surface area contributed by atoms with Gasteiger partial charge in [-0.3, -0.25) is 0 Å². The number of ether oxygens (including phenoxy) is 2. The zero-order valence-electron chi connectivity index (χ0n) is 16.9. The van der Waals surface area contributed by atoms with E-state index in [2.05, 4.69) is 51.2 Å². The van der Waals surface area contributed by atoms with Gasteiger partial charge in [0.1, 0.15) is 6.79 Å². The second-order valence-corrected chi connectivity index (χ2v) is 13.7. The summed E-state index contributed by atoms with van der Waals surface area (Å²) in [5, 5.41) is 2.90. The summed E-state index contributed by atoms with van der Waals surface area (Å²) in [5.74, 6) is 5.10. The van der Waals surface area contributed by atoms with Crippen molar-refractivity contribution in [1.82, 2.24) is 0 Å². The smallest absolute Gasteiger partial charge is 0.146 e. The summed E-state index contributed by atoms with van der Waals surface area (Å²) in [6.45, 7) is 12.3. The number of thioether (sulfide) groups is 2. The van der Waals surface area contributed by atoms with Gasteiger partial charge in [0.05, 0.1) is 13.2 Å². The van der Waals surface area contributed by atoms with Crippen LogP contribution in [0.2, 0.25) is 0 Å². The summed E-state index contributed by atoms with van der Waals surface area (Å²) < 4.78 is 12.2. The lowest BCUT2D eigenvalue weighted by molar-refractivity contribution is -0.158. The molecule has 1 aliphatic heterocycles. The molecule has 148 valence electrons. The van der Waals surface area contributed by atoms with Crippen LogP contribution in [0, 0.1) is 46.3 Å². The molecule has 0 amide bonds. The first-order chi connectivity index (χ1) is 12.4. The van der Waals surface area contributed by atoms with E-state index in [1.807, 2.05) is 0 Å². The standard InChI is InChI=1S/C22H36O2S2/c1-21(2)13-5-17(21)15-9-23-11-24-10-16-18-6-14(22(18,3)4)8-20(16)26-12-25-19(15)7-13/h13-20H,5-12H2,1-4H3/t13-,14-,15+,16+,17+,18+,19+,20+/m1/s1. The predicted octanol–water partition coefficient (Wildman–Crippen LogP) is 5.52. The van der Waals surface area contributed by atoms with E-state index in [9.17, 15) is 0 Å². The Bertz CT molecular complexity index is 502. The Morgan fingerprint density at radius 2 is 1.15 bits per heavy atom. The maximum absolute atomic E-state index is 6.10. The van der Waals surface area contributed by atoms with Crippen LogP contribution in [0.3, 0.4) is 0 Å². The second-order valence-electron chi connectivity index (χ2n) is 10.9. The summed E-state index contributed by atoms with van der Waals surface area (Å²) in [4.78, 5) is 0. The van der Waals surface area contributed by atoms with Gasteiger partial charge in [0.25, 0.3) is 0 Å². The number of hydrogen-bond donors (Lipinski definition) is 0. The molecule has 0 aromatic heterocycles. The third-order valence-corrected chi connectivity index (χ3v) is 12.5. The zero-order chi connectivity index (χ0) is 18.1. The van der Waals surface area contributed by atoms with E-state index in [0.717, 1.165) is 59.2 Å². The van der Waals surface area contributed by atoms with Crippen LogP contribution >= 0.6 is 23.5 Å². The van der Waals surface area contributed by atoms with Crippen molar-refractivity contribution in [2.45, 2.75) is 63.9 Å². The van der Waals surface area contributed by atoms with Crippen molar-refractivity contribution in [3.05, 3.63) is 0 Å². The highest BCUT2D eigenvalue weighted by Gasteiger charge is 2.59. The van der Waals surface area contributed by atoms with Crippen molar-refractivity contribution >= 4 is 23.5 Å². The van der Waals surface area contributed by atoms with E-state index >= 15 is 0 Å². The van der Waals surface area contributed by atoms with Gasteiger partial charge in [-0.2, -0.15) is 0 Å². The van der Waals surface area contributed by atoms with Gasteiger partial charge in [0, 0.05) is 15.6 Å². The van der Waals surface area contributed by atoms with Crippen molar-refractivity contribution in [3.8, 4) is 0 Å². The molecule has 7 fully saturated rings. The Hall–Kier alpha value is 0.620. The summed E-state index contributed by atoms with van der Waals surface area (Å²) >= 11 is 4.54. The Labute approximate surface area is 168 Å². The van der Waals surface area contributed by atoms with Gasteiger partial charge in [-0.1, -0.05) is 27.7 Å². The molecule has 1 heterocycles. The van der Waals surface area contributed by atoms with E-state index < -0.39 is 0 Å². The Kier molecular flexibility index (Phi) is 4.71. The average Bonchev–Trinajstić information content (AvgIpc) is 2.60. The maximum Gasteiger partial charge on any atom is 0.146 e. The largest absolute Gasteiger partial charge is 0.355 e. The molecule has 6 aliphatic carbocycles. The van der Waals surface area contributed by atoms with Gasteiger partial charge in [0.15, 0.2) is 0 Å². The molecular weight excluding hydrogens is 360 g/mol. The first kappa shape index (κ1) is 18.6. The van der Waals surface area contributed by atoms with Crippen LogP contribution < -0.4 is 0 Å². The molecule has 2 nitrogen and oxygen atoms in total. The van der Waals surface area contributed by atoms with Crippen molar-refractivity contribution in [1.29, 1.82) is 0 Å². The summed E-state index contributed by atoms with van der Waals surface area (Å²) in [6, 6.07) is 0. The van der Waals surface area contributed by atoms with Gasteiger partial charge >= 0.3 is 0 Å². The van der Waals surface area contributed by atoms with Crippen molar-refractivity contribution in [2.24, 2.45) is 46.3 Å². The van der Waals surface area contributed by atoms with Crippen LogP contribution in [0.4, 0.5) is 0 Å². The molecule has 6 saturated carbocycles. The first-order valence-electron chi connectivity index (χ1n) is 10.8. The fraction of sp³-hybridized carbons (Fsp3) is 1.00. The van der Waals surface area contributed by atoms with Gasteiger partial charge < -0.3 is 9.47 Å². The third kappa shape index (κ3) is 2.75. The number of rotatable bonds is 0. The lowest BCUT2D eigenvalue weighted by Gasteiger charge is -2.63. The van der Waals surface area contributed by atoms with Crippen molar-refractivity contribution in [2.75, 3.05) is 25.1 Å². The topological polar surface area (TPSA) is 18.5 Å². The molecule has 7 aliphatic rings. The summed E-state index contributed by atoms with van der Waals surface area (Å²) in [6.07, 6.45) is 5.70. The minimum atomic E-state index is 0.509. The molecule has 0 aromatic carbocycles. The van der Waals surface area contributed by atoms with Crippen LogP contribution in [-0.2, 0) is 9.47 Å². The fourth-order valence-electron chi connectivity index (χ4n) is 7.27. The monoisotopic (exact) mass is 396 g/mol. The normalized spacial score (nSPS) is 52.2. The molecule has 26 heavy (non-hydrogen) atoms. The van der Waals surface area contributed by atoms with Gasteiger partial charge in [-0.25, -0.2) is 0 Å². The van der Waals surface area contributed by atoms with Crippen LogP contribution in [0.25, 0.3) is 0 Å². The molecule has 7 rings (SSSR count). The Morgan fingerprint density at radius 3 is 1.58 bits per heavy atom. The SMILES string of the molecule is CC1(C)[C@H]2C[C@@H]3SCS[C@H]4C[C@H]5C[C@@H]([C@@H]4COCOC[C@H]3[C@@H]1C2)C5(C)C. The van der Waals surface area contributed by atoms with E-state index in [4.69, 9.17) is 9.47 Å². The van der Waals surface area contributed by atoms with Gasteiger partial charge in [-0.05, 0) is 72.0 Å².